The molecule has 1 atom stereocenters. The molecule has 1 fully saturated rings. The van der Waals surface area contributed by atoms with E-state index in [1.165, 1.54) is 0 Å². The second-order valence-corrected chi connectivity index (χ2v) is 11.3. The summed E-state index contributed by atoms with van der Waals surface area (Å²) < 4.78 is 16.4. The lowest BCUT2D eigenvalue weighted by molar-refractivity contribution is -0.146. The predicted molar refractivity (Wildman–Crippen MR) is 141 cm³/mol. The third-order valence-corrected chi connectivity index (χ3v) is 6.79. The number of hydrogen-bond acceptors (Lipinski definition) is 7. The van der Waals surface area contributed by atoms with Gasteiger partial charge in [-0.2, -0.15) is 0 Å². The van der Waals surface area contributed by atoms with Crippen molar-refractivity contribution in [2.75, 3.05) is 59.2 Å². The van der Waals surface area contributed by atoms with E-state index in [4.69, 9.17) is 14.2 Å². The first-order valence-corrected chi connectivity index (χ1v) is 14.0. The molecular formula is C28H54N2O5. The van der Waals surface area contributed by atoms with Crippen LogP contribution in [0.3, 0.4) is 0 Å². The Balaban J connectivity index is 2.21. The Hall–Kier alpha value is -1.18. The number of morpholine rings is 1. The first kappa shape index (κ1) is 31.8. The largest absolute Gasteiger partial charge is 0.466 e. The molecule has 0 aliphatic carbocycles. The van der Waals surface area contributed by atoms with Crippen LogP contribution in [0.1, 0.15) is 92.9 Å². The molecule has 0 radical (unpaired) electrons. The summed E-state index contributed by atoms with van der Waals surface area (Å²) in [7, 11) is 0. The highest BCUT2D eigenvalue weighted by Crippen LogP contribution is 2.17. The molecule has 1 rings (SSSR count). The fourth-order valence-electron chi connectivity index (χ4n) is 4.21. The van der Waals surface area contributed by atoms with Crippen LogP contribution in [-0.2, 0) is 23.8 Å². The van der Waals surface area contributed by atoms with Gasteiger partial charge >= 0.3 is 11.9 Å². The zero-order chi connectivity index (χ0) is 26.1. The van der Waals surface area contributed by atoms with E-state index < -0.39 is 0 Å². The Morgan fingerprint density at radius 3 is 2.26 bits per heavy atom. The van der Waals surface area contributed by atoms with Crippen molar-refractivity contribution in [1.29, 1.82) is 0 Å². The van der Waals surface area contributed by atoms with Crippen LogP contribution in [0.25, 0.3) is 0 Å². The minimum atomic E-state index is -0.107. The van der Waals surface area contributed by atoms with Crippen molar-refractivity contribution in [3.8, 4) is 0 Å². The maximum atomic E-state index is 12.4. The van der Waals surface area contributed by atoms with Crippen LogP contribution in [0.2, 0.25) is 0 Å². The summed E-state index contributed by atoms with van der Waals surface area (Å²) in [5, 5.41) is 0. The van der Waals surface area contributed by atoms with Gasteiger partial charge in [0.05, 0.1) is 32.8 Å². The van der Waals surface area contributed by atoms with Crippen LogP contribution >= 0.6 is 0 Å². The lowest BCUT2D eigenvalue weighted by Gasteiger charge is -2.36. The predicted octanol–water partition coefficient (Wildman–Crippen LogP) is 4.92. The number of rotatable bonds is 18. The van der Waals surface area contributed by atoms with E-state index in [9.17, 15) is 9.59 Å². The summed E-state index contributed by atoms with van der Waals surface area (Å²) in [4.78, 5) is 29.0. The Bertz CT molecular complexity index is 570. The SMILES string of the molecule is CCC(CCCCOC(=O)CCC(C)C)COC(=O)CCN(CCCN1CCOCC1)C(C)(C)C. The molecule has 1 aliphatic heterocycles. The maximum absolute atomic E-state index is 12.4. The van der Waals surface area contributed by atoms with Gasteiger partial charge < -0.3 is 14.2 Å². The number of esters is 2. The molecule has 1 saturated heterocycles. The van der Waals surface area contributed by atoms with Crippen LogP contribution < -0.4 is 0 Å². The number of nitrogens with zero attached hydrogens (tertiary/aromatic N) is 2. The van der Waals surface area contributed by atoms with Crippen LogP contribution in [0, 0.1) is 11.8 Å². The third-order valence-electron chi connectivity index (χ3n) is 6.79. The fourth-order valence-corrected chi connectivity index (χ4v) is 4.21. The van der Waals surface area contributed by atoms with Crippen LogP contribution in [0.15, 0.2) is 0 Å². The highest BCUT2D eigenvalue weighted by atomic mass is 16.5. The van der Waals surface area contributed by atoms with E-state index in [1.807, 2.05) is 0 Å². The topological polar surface area (TPSA) is 68.3 Å². The average Bonchev–Trinajstić information content (AvgIpc) is 2.81. The van der Waals surface area contributed by atoms with Crippen molar-refractivity contribution >= 4 is 11.9 Å². The second-order valence-electron chi connectivity index (χ2n) is 11.3. The van der Waals surface area contributed by atoms with Crippen molar-refractivity contribution in [1.82, 2.24) is 9.80 Å². The molecule has 1 aliphatic rings. The lowest BCUT2D eigenvalue weighted by Crippen LogP contribution is -2.44. The van der Waals surface area contributed by atoms with Crippen LogP contribution in [0.4, 0.5) is 0 Å². The Labute approximate surface area is 215 Å². The van der Waals surface area contributed by atoms with E-state index in [1.54, 1.807) is 0 Å². The summed E-state index contributed by atoms with van der Waals surface area (Å²) >= 11 is 0. The first-order chi connectivity index (χ1) is 16.6. The van der Waals surface area contributed by atoms with Crippen molar-refractivity contribution < 1.29 is 23.8 Å². The molecule has 1 unspecified atom stereocenters. The highest BCUT2D eigenvalue weighted by Gasteiger charge is 2.22. The van der Waals surface area contributed by atoms with E-state index >= 15 is 0 Å². The van der Waals surface area contributed by atoms with Gasteiger partial charge in [0.1, 0.15) is 0 Å². The summed E-state index contributed by atoms with van der Waals surface area (Å²) in [5.41, 5.74) is 0.0233. The van der Waals surface area contributed by atoms with Gasteiger partial charge in [0.25, 0.3) is 0 Å². The molecule has 206 valence electrons. The molecule has 0 aromatic carbocycles. The minimum absolute atomic E-state index is 0.0233. The van der Waals surface area contributed by atoms with Crippen molar-refractivity contribution in [3.05, 3.63) is 0 Å². The van der Waals surface area contributed by atoms with Gasteiger partial charge in [0.15, 0.2) is 0 Å². The lowest BCUT2D eigenvalue weighted by atomic mass is 10.0. The third kappa shape index (κ3) is 16.2. The molecule has 35 heavy (non-hydrogen) atoms. The van der Waals surface area contributed by atoms with Gasteiger partial charge in [0, 0.05) is 31.6 Å². The van der Waals surface area contributed by atoms with Crippen LogP contribution in [-0.4, -0.2) is 86.4 Å². The molecule has 0 amide bonds. The van der Waals surface area contributed by atoms with E-state index in [-0.39, 0.29) is 17.5 Å². The van der Waals surface area contributed by atoms with Gasteiger partial charge in [0.2, 0.25) is 0 Å². The van der Waals surface area contributed by atoms with Gasteiger partial charge in [-0.15, -0.1) is 0 Å². The van der Waals surface area contributed by atoms with Gasteiger partial charge in [-0.3, -0.25) is 19.4 Å². The zero-order valence-corrected chi connectivity index (χ0v) is 23.6. The van der Waals surface area contributed by atoms with Gasteiger partial charge in [-0.25, -0.2) is 0 Å². The number of unbranched alkanes of at least 4 members (excludes halogenated alkanes) is 1. The molecule has 0 saturated carbocycles. The summed E-state index contributed by atoms with van der Waals surface area (Å²) in [6.45, 7) is 20.4. The molecule has 1 heterocycles. The highest BCUT2D eigenvalue weighted by molar-refractivity contribution is 5.69. The molecule has 7 heteroatoms. The maximum Gasteiger partial charge on any atom is 0.307 e. The summed E-state index contributed by atoms with van der Waals surface area (Å²) in [6.07, 6.45) is 6.72. The molecule has 0 aromatic rings. The Kier molecular flexibility index (Phi) is 16.5. The fraction of sp³-hybridized carbons (Fsp3) is 0.929. The van der Waals surface area contributed by atoms with E-state index in [0.29, 0.717) is 37.9 Å². The van der Waals surface area contributed by atoms with E-state index in [2.05, 4.69) is 51.3 Å². The minimum Gasteiger partial charge on any atom is -0.466 e. The monoisotopic (exact) mass is 498 g/mol. The first-order valence-electron chi connectivity index (χ1n) is 14.0. The number of carbonyl (C=O) groups is 2. The molecular weight excluding hydrogens is 444 g/mol. The smallest absolute Gasteiger partial charge is 0.307 e. The quantitative estimate of drug-likeness (QED) is 0.196. The normalized spacial score (nSPS) is 16.0. The molecule has 0 spiro atoms. The number of carbonyl (C=O) groups excluding carboxylic acids is 2. The zero-order valence-electron chi connectivity index (χ0n) is 23.6. The van der Waals surface area contributed by atoms with Crippen molar-refractivity contribution in [2.45, 2.75) is 98.4 Å². The molecule has 0 N–H and O–H groups in total. The molecule has 0 aromatic heterocycles. The number of ether oxygens (including phenoxy) is 3. The van der Waals surface area contributed by atoms with Gasteiger partial charge in [-0.1, -0.05) is 27.2 Å². The molecule has 0 bridgehead atoms. The summed E-state index contributed by atoms with van der Waals surface area (Å²) in [5.74, 6) is 0.685. The second kappa shape index (κ2) is 18.1. The van der Waals surface area contributed by atoms with Gasteiger partial charge in [-0.05, 0) is 77.8 Å². The Morgan fingerprint density at radius 2 is 1.63 bits per heavy atom. The Morgan fingerprint density at radius 1 is 0.943 bits per heavy atom. The van der Waals surface area contributed by atoms with Crippen molar-refractivity contribution in [3.63, 3.8) is 0 Å². The van der Waals surface area contributed by atoms with Crippen molar-refractivity contribution in [2.24, 2.45) is 11.8 Å². The molecule has 7 nitrogen and oxygen atoms in total. The van der Waals surface area contributed by atoms with Crippen LogP contribution in [0.5, 0.6) is 0 Å². The number of hydrogen-bond donors (Lipinski definition) is 0. The summed E-state index contributed by atoms with van der Waals surface area (Å²) in [6, 6.07) is 0. The van der Waals surface area contributed by atoms with E-state index in [0.717, 1.165) is 84.5 Å². The standard InChI is InChI=1S/C28H54N2O5/c1-7-25(11-8-9-20-34-26(31)13-12-24(2)3)23-35-27(32)14-17-30(28(4,5)6)16-10-15-29-18-21-33-22-19-29/h24-25H,7-23H2,1-6H3. The average molecular weight is 499 g/mol.